The Balaban J connectivity index is 1.85. The van der Waals surface area contributed by atoms with Gasteiger partial charge in [-0.3, -0.25) is 9.59 Å². The number of hydrogen-bond acceptors (Lipinski definition) is 4. The zero-order valence-electron chi connectivity index (χ0n) is 15.1. The Hall–Kier alpha value is -3.56. The van der Waals surface area contributed by atoms with E-state index in [1.807, 2.05) is 24.3 Å². The highest BCUT2D eigenvalue weighted by Gasteiger charge is 2.32. The normalized spacial score (nSPS) is 12.6. The molecular formula is C19H16F3N3O4. The van der Waals surface area contributed by atoms with E-state index < -0.39 is 40.9 Å². The second kappa shape index (κ2) is 7.82. The van der Waals surface area contributed by atoms with Crippen LogP contribution in [-0.4, -0.2) is 35.0 Å². The Morgan fingerprint density at radius 3 is 2.55 bits per heavy atom. The molecule has 0 fully saturated rings. The number of methoxy groups -OCH3 is 1. The van der Waals surface area contributed by atoms with Gasteiger partial charge in [0.1, 0.15) is 17.3 Å². The Morgan fingerprint density at radius 1 is 1.17 bits per heavy atom. The number of carbonyl (C=O) groups is 2. The number of halogens is 3. The summed E-state index contributed by atoms with van der Waals surface area (Å²) in [5.74, 6) is -1.75. The predicted octanol–water partition coefficient (Wildman–Crippen LogP) is 2.39. The summed E-state index contributed by atoms with van der Waals surface area (Å²) >= 11 is 0. The number of fused-ring (bicyclic) bond motifs is 1. The summed E-state index contributed by atoms with van der Waals surface area (Å²) in [6, 6.07) is 7.52. The first-order chi connectivity index (χ1) is 13.7. The van der Waals surface area contributed by atoms with Gasteiger partial charge in [-0.1, -0.05) is 18.2 Å². The Labute approximate surface area is 161 Å². The van der Waals surface area contributed by atoms with Crippen molar-refractivity contribution in [2.24, 2.45) is 0 Å². The van der Waals surface area contributed by atoms with Gasteiger partial charge in [-0.25, -0.2) is 4.79 Å². The van der Waals surface area contributed by atoms with E-state index in [4.69, 9.17) is 4.74 Å². The molecular weight excluding hydrogens is 391 g/mol. The third kappa shape index (κ3) is 4.31. The number of carbonyl (C=O) groups excluding carboxylic acids is 2. The lowest BCUT2D eigenvalue weighted by Crippen LogP contribution is -2.44. The molecule has 3 rings (SSSR count). The van der Waals surface area contributed by atoms with Crippen molar-refractivity contribution in [3.05, 3.63) is 69.8 Å². The van der Waals surface area contributed by atoms with Gasteiger partial charge >= 0.3 is 12.1 Å². The topological polar surface area (TPSA) is 104 Å². The summed E-state index contributed by atoms with van der Waals surface area (Å²) in [6.45, 7) is 0. The molecule has 2 heterocycles. The number of H-pyrrole nitrogens is 2. The molecule has 0 radical (unpaired) electrons. The van der Waals surface area contributed by atoms with E-state index in [1.165, 1.54) is 0 Å². The number of aromatic nitrogens is 2. The maximum Gasteiger partial charge on any atom is 0.431 e. The average molecular weight is 407 g/mol. The number of aromatic amines is 2. The SMILES string of the molecule is COC(=O)C(Cc1c[nH]c2ccccc12)NC(=O)c1ccc(C(F)(F)F)[nH]c1=O. The lowest BCUT2D eigenvalue weighted by Gasteiger charge is -2.16. The second-order valence-electron chi connectivity index (χ2n) is 6.23. The summed E-state index contributed by atoms with van der Waals surface area (Å²) in [5, 5.41) is 3.19. The van der Waals surface area contributed by atoms with Crippen LogP contribution in [-0.2, 0) is 22.1 Å². The van der Waals surface area contributed by atoms with Crippen LogP contribution in [0, 0.1) is 0 Å². The molecule has 0 bridgehead atoms. The van der Waals surface area contributed by atoms with Crippen molar-refractivity contribution in [3.63, 3.8) is 0 Å². The minimum Gasteiger partial charge on any atom is -0.467 e. The van der Waals surface area contributed by atoms with E-state index >= 15 is 0 Å². The molecule has 2 aromatic heterocycles. The van der Waals surface area contributed by atoms with Crippen LogP contribution in [0.25, 0.3) is 10.9 Å². The molecule has 3 N–H and O–H groups in total. The zero-order valence-corrected chi connectivity index (χ0v) is 15.1. The zero-order chi connectivity index (χ0) is 21.2. The van der Waals surface area contributed by atoms with Crippen LogP contribution in [0.3, 0.4) is 0 Å². The predicted molar refractivity (Wildman–Crippen MR) is 97.3 cm³/mol. The number of esters is 1. The van der Waals surface area contributed by atoms with Gasteiger partial charge in [0.2, 0.25) is 0 Å². The van der Waals surface area contributed by atoms with Crippen LogP contribution in [0.5, 0.6) is 0 Å². The van der Waals surface area contributed by atoms with Gasteiger partial charge in [0, 0.05) is 23.5 Å². The van der Waals surface area contributed by atoms with E-state index in [0.717, 1.165) is 29.6 Å². The number of hydrogen-bond donors (Lipinski definition) is 3. The van der Waals surface area contributed by atoms with Gasteiger partial charge < -0.3 is 20.0 Å². The fourth-order valence-corrected chi connectivity index (χ4v) is 2.91. The van der Waals surface area contributed by atoms with Crippen LogP contribution < -0.4 is 10.9 Å². The summed E-state index contributed by atoms with van der Waals surface area (Å²) < 4.78 is 42.7. The molecule has 1 unspecified atom stereocenters. The molecule has 1 atom stereocenters. The molecule has 0 aliphatic carbocycles. The van der Waals surface area contributed by atoms with Crippen molar-refractivity contribution in [2.75, 3.05) is 7.11 Å². The van der Waals surface area contributed by atoms with Gasteiger partial charge in [-0.15, -0.1) is 0 Å². The maximum absolute atomic E-state index is 12.7. The lowest BCUT2D eigenvalue weighted by molar-refractivity contribution is -0.143. The average Bonchev–Trinajstić information content (AvgIpc) is 3.09. The molecule has 0 aliphatic rings. The third-order valence-electron chi connectivity index (χ3n) is 4.35. The van der Waals surface area contributed by atoms with Crippen molar-refractivity contribution >= 4 is 22.8 Å². The highest BCUT2D eigenvalue weighted by atomic mass is 19.4. The van der Waals surface area contributed by atoms with Gasteiger partial charge in [0.15, 0.2) is 0 Å². The third-order valence-corrected chi connectivity index (χ3v) is 4.35. The smallest absolute Gasteiger partial charge is 0.431 e. The van der Waals surface area contributed by atoms with Gasteiger partial charge in [-0.2, -0.15) is 13.2 Å². The maximum atomic E-state index is 12.7. The molecule has 0 aliphatic heterocycles. The number of alkyl halides is 3. The van der Waals surface area contributed by atoms with Crippen LogP contribution in [0.4, 0.5) is 13.2 Å². The Kier molecular flexibility index (Phi) is 5.44. The quantitative estimate of drug-likeness (QED) is 0.565. The molecule has 0 saturated heterocycles. The Morgan fingerprint density at radius 2 is 1.90 bits per heavy atom. The highest BCUT2D eigenvalue weighted by Crippen LogP contribution is 2.26. The molecule has 152 valence electrons. The van der Waals surface area contributed by atoms with Crippen molar-refractivity contribution < 1.29 is 27.5 Å². The first kappa shape index (κ1) is 20.2. The lowest BCUT2D eigenvalue weighted by atomic mass is 10.0. The van der Waals surface area contributed by atoms with E-state index in [-0.39, 0.29) is 6.42 Å². The molecule has 0 spiro atoms. The summed E-state index contributed by atoms with van der Waals surface area (Å²) in [7, 11) is 1.14. The van der Waals surface area contributed by atoms with Crippen LogP contribution in [0.15, 0.2) is 47.4 Å². The van der Waals surface area contributed by atoms with Crippen molar-refractivity contribution in [3.8, 4) is 0 Å². The minimum absolute atomic E-state index is 0.0565. The summed E-state index contributed by atoms with van der Waals surface area (Å²) in [6.07, 6.45) is -3.02. The molecule has 1 amide bonds. The fourth-order valence-electron chi connectivity index (χ4n) is 2.91. The highest BCUT2D eigenvalue weighted by molar-refractivity contribution is 5.96. The minimum atomic E-state index is -4.75. The molecule has 0 saturated carbocycles. The molecule has 29 heavy (non-hydrogen) atoms. The molecule has 10 heteroatoms. The number of pyridine rings is 1. The standard InChI is InChI=1S/C19H16F3N3O4/c1-29-18(28)14(8-10-9-23-13-5-3-2-4-11(10)13)24-16(26)12-6-7-15(19(20,21)22)25-17(12)27/h2-7,9,14,23H,8H2,1H3,(H,24,26)(H,25,27). The summed E-state index contributed by atoms with van der Waals surface area (Å²) in [4.78, 5) is 41.1. The van der Waals surface area contributed by atoms with E-state index in [1.54, 1.807) is 11.2 Å². The van der Waals surface area contributed by atoms with E-state index in [0.29, 0.717) is 6.07 Å². The molecule has 3 aromatic rings. The first-order valence-electron chi connectivity index (χ1n) is 8.45. The van der Waals surface area contributed by atoms with Gasteiger partial charge in [0.05, 0.1) is 7.11 Å². The van der Waals surface area contributed by atoms with Crippen LogP contribution in [0.2, 0.25) is 0 Å². The first-order valence-corrected chi connectivity index (χ1v) is 8.45. The number of rotatable bonds is 5. The largest absolute Gasteiger partial charge is 0.467 e. The Bertz CT molecular complexity index is 1120. The van der Waals surface area contributed by atoms with E-state index in [9.17, 15) is 27.6 Å². The number of para-hydroxylation sites is 1. The number of benzene rings is 1. The number of amides is 1. The van der Waals surface area contributed by atoms with Crippen LogP contribution >= 0.6 is 0 Å². The van der Waals surface area contributed by atoms with Crippen molar-refractivity contribution in [1.29, 1.82) is 0 Å². The van der Waals surface area contributed by atoms with Crippen molar-refractivity contribution in [2.45, 2.75) is 18.6 Å². The van der Waals surface area contributed by atoms with Gasteiger partial charge in [-0.05, 0) is 23.8 Å². The monoisotopic (exact) mass is 407 g/mol. The fraction of sp³-hybridized carbons (Fsp3) is 0.211. The van der Waals surface area contributed by atoms with Crippen molar-refractivity contribution in [1.82, 2.24) is 15.3 Å². The molecule has 1 aromatic carbocycles. The van der Waals surface area contributed by atoms with Gasteiger partial charge in [0.25, 0.3) is 11.5 Å². The number of nitrogens with one attached hydrogen (secondary N) is 3. The summed E-state index contributed by atoms with van der Waals surface area (Å²) in [5.41, 5.74) is -1.49. The van der Waals surface area contributed by atoms with E-state index in [2.05, 4.69) is 10.3 Å². The number of ether oxygens (including phenoxy) is 1. The van der Waals surface area contributed by atoms with Crippen LogP contribution in [0.1, 0.15) is 21.6 Å². The molecule has 7 nitrogen and oxygen atoms in total. The second-order valence-corrected chi connectivity index (χ2v) is 6.23.